The Labute approximate surface area is 196 Å². The molecule has 3 aromatic rings. The van der Waals surface area contributed by atoms with Crippen molar-refractivity contribution in [2.45, 2.75) is 40.0 Å². The third kappa shape index (κ3) is 5.33. The van der Waals surface area contributed by atoms with Crippen molar-refractivity contribution in [3.63, 3.8) is 0 Å². The molecule has 2 heterocycles. The molecule has 2 amide bonds. The van der Waals surface area contributed by atoms with Crippen LogP contribution in [0, 0.1) is 13.8 Å². The van der Waals surface area contributed by atoms with Crippen molar-refractivity contribution in [1.82, 2.24) is 14.9 Å². The number of carbonyl (C=O) groups excluding carboxylic acids is 1. The van der Waals surface area contributed by atoms with Crippen molar-refractivity contribution in [2.75, 3.05) is 36.4 Å². The van der Waals surface area contributed by atoms with Crippen LogP contribution in [0.3, 0.4) is 0 Å². The Hall–Kier alpha value is -3.41. The lowest BCUT2D eigenvalue weighted by atomic mass is 10.0. The molecule has 1 N–H and O–H groups in total. The highest BCUT2D eigenvalue weighted by molar-refractivity contribution is 5.89. The largest absolute Gasteiger partial charge is 0.354 e. The molecule has 6 heteroatoms. The third-order valence-electron chi connectivity index (χ3n) is 6.11. The first-order valence-electron chi connectivity index (χ1n) is 11.7. The van der Waals surface area contributed by atoms with E-state index in [-0.39, 0.29) is 6.03 Å². The summed E-state index contributed by atoms with van der Waals surface area (Å²) in [7, 11) is 0. The number of anilines is 2. The van der Waals surface area contributed by atoms with E-state index in [9.17, 15) is 4.79 Å². The molecule has 1 fully saturated rings. The molecular formula is C27H33N5O. The highest BCUT2D eigenvalue weighted by Crippen LogP contribution is 2.31. The Kier molecular flexibility index (Phi) is 6.92. The Balaban J connectivity index is 1.55. The quantitative estimate of drug-likeness (QED) is 0.568. The Morgan fingerprint density at radius 3 is 2.33 bits per heavy atom. The van der Waals surface area contributed by atoms with E-state index in [2.05, 4.69) is 31.0 Å². The van der Waals surface area contributed by atoms with Crippen LogP contribution in [0.2, 0.25) is 0 Å². The number of aryl methyl sites for hydroxylation is 2. The minimum atomic E-state index is -0.0476. The first-order valence-corrected chi connectivity index (χ1v) is 11.7. The Bertz CT molecular complexity index is 1100. The van der Waals surface area contributed by atoms with Crippen LogP contribution in [0.25, 0.3) is 11.4 Å². The lowest BCUT2D eigenvalue weighted by Crippen LogP contribution is -2.38. The summed E-state index contributed by atoms with van der Waals surface area (Å²) in [5, 5.41) is 3.03. The SMILES string of the molecule is Cc1ccc(NC(=O)N2CCCN(c3nc(-c4ccccc4)nc(C)c3C(C)C)CC2)cc1. The molecule has 6 nitrogen and oxygen atoms in total. The van der Waals surface area contributed by atoms with Crippen LogP contribution in [-0.4, -0.2) is 47.1 Å². The van der Waals surface area contributed by atoms with Crippen molar-refractivity contribution in [1.29, 1.82) is 0 Å². The smallest absolute Gasteiger partial charge is 0.321 e. The number of benzene rings is 2. The van der Waals surface area contributed by atoms with Gasteiger partial charge in [-0.15, -0.1) is 0 Å². The molecule has 1 saturated heterocycles. The molecule has 0 saturated carbocycles. The zero-order chi connectivity index (χ0) is 23.4. The molecule has 1 aliphatic heterocycles. The maximum absolute atomic E-state index is 12.9. The van der Waals surface area contributed by atoms with Gasteiger partial charge in [0.25, 0.3) is 0 Å². The average molecular weight is 444 g/mol. The van der Waals surface area contributed by atoms with Gasteiger partial charge in [-0.25, -0.2) is 14.8 Å². The van der Waals surface area contributed by atoms with Gasteiger partial charge in [-0.2, -0.15) is 0 Å². The highest BCUT2D eigenvalue weighted by Gasteiger charge is 2.24. The molecule has 33 heavy (non-hydrogen) atoms. The summed E-state index contributed by atoms with van der Waals surface area (Å²) in [5.41, 5.74) is 5.23. The van der Waals surface area contributed by atoms with Gasteiger partial charge in [0.15, 0.2) is 5.82 Å². The zero-order valence-corrected chi connectivity index (χ0v) is 20.0. The Morgan fingerprint density at radius 1 is 0.909 bits per heavy atom. The number of amides is 2. The second-order valence-corrected chi connectivity index (χ2v) is 9.01. The van der Waals surface area contributed by atoms with Gasteiger partial charge in [0, 0.05) is 48.7 Å². The molecule has 0 spiro atoms. The van der Waals surface area contributed by atoms with E-state index in [0.717, 1.165) is 54.6 Å². The molecular weight excluding hydrogens is 410 g/mol. The van der Waals surface area contributed by atoms with Crippen LogP contribution in [0.5, 0.6) is 0 Å². The van der Waals surface area contributed by atoms with E-state index < -0.39 is 0 Å². The van der Waals surface area contributed by atoms with Gasteiger partial charge >= 0.3 is 6.03 Å². The minimum absolute atomic E-state index is 0.0476. The molecule has 172 valence electrons. The van der Waals surface area contributed by atoms with Gasteiger partial charge < -0.3 is 15.1 Å². The van der Waals surface area contributed by atoms with E-state index in [0.29, 0.717) is 12.5 Å². The first-order chi connectivity index (χ1) is 15.9. The maximum atomic E-state index is 12.9. The van der Waals surface area contributed by atoms with Crippen LogP contribution in [0.4, 0.5) is 16.3 Å². The number of carbonyl (C=O) groups is 1. The Morgan fingerprint density at radius 2 is 1.64 bits per heavy atom. The van der Waals surface area contributed by atoms with E-state index >= 15 is 0 Å². The fourth-order valence-corrected chi connectivity index (χ4v) is 4.37. The predicted molar refractivity (Wildman–Crippen MR) is 135 cm³/mol. The van der Waals surface area contributed by atoms with E-state index in [1.807, 2.05) is 66.4 Å². The number of urea groups is 1. The van der Waals surface area contributed by atoms with Crippen molar-refractivity contribution < 1.29 is 4.79 Å². The molecule has 0 atom stereocenters. The summed E-state index contributed by atoms with van der Waals surface area (Å²) in [6.07, 6.45) is 0.891. The average Bonchev–Trinajstić information content (AvgIpc) is 3.07. The van der Waals surface area contributed by atoms with Crippen molar-refractivity contribution >= 4 is 17.5 Å². The highest BCUT2D eigenvalue weighted by atomic mass is 16.2. The van der Waals surface area contributed by atoms with Gasteiger partial charge in [0.1, 0.15) is 5.82 Å². The summed E-state index contributed by atoms with van der Waals surface area (Å²) < 4.78 is 0. The van der Waals surface area contributed by atoms with Crippen molar-refractivity contribution in [3.8, 4) is 11.4 Å². The number of aromatic nitrogens is 2. The maximum Gasteiger partial charge on any atom is 0.321 e. The molecule has 0 aliphatic carbocycles. The van der Waals surface area contributed by atoms with Gasteiger partial charge in [-0.05, 0) is 38.3 Å². The van der Waals surface area contributed by atoms with Gasteiger partial charge in [-0.1, -0.05) is 61.9 Å². The van der Waals surface area contributed by atoms with E-state index in [1.165, 1.54) is 11.1 Å². The lowest BCUT2D eigenvalue weighted by molar-refractivity contribution is 0.215. The zero-order valence-electron chi connectivity index (χ0n) is 20.0. The molecule has 1 aliphatic rings. The van der Waals surface area contributed by atoms with E-state index in [4.69, 9.17) is 9.97 Å². The molecule has 0 unspecified atom stereocenters. The fraction of sp³-hybridized carbons (Fsp3) is 0.370. The number of nitrogens with one attached hydrogen (secondary N) is 1. The molecule has 1 aromatic heterocycles. The third-order valence-corrected chi connectivity index (χ3v) is 6.11. The molecule has 2 aromatic carbocycles. The standard InChI is InChI=1S/C27H33N5O/c1-19(2)24-21(4)28-25(22-9-6-5-7-10-22)30-26(24)31-15-8-16-32(18-17-31)27(33)29-23-13-11-20(3)12-14-23/h5-7,9-14,19H,8,15-18H2,1-4H3,(H,29,33). The van der Waals surface area contributed by atoms with Crippen LogP contribution in [0.15, 0.2) is 54.6 Å². The molecule has 0 bridgehead atoms. The lowest BCUT2D eigenvalue weighted by Gasteiger charge is -2.27. The monoisotopic (exact) mass is 443 g/mol. The summed E-state index contributed by atoms with van der Waals surface area (Å²) in [4.78, 5) is 27.0. The summed E-state index contributed by atoms with van der Waals surface area (Å²) in [5.74, 6) is 2.07. The summed E-state index contributed by atoms with van der Waals surface area (Å²) >= 11 is 0. The number of rotatable bonds is 4. The predicted octanol–water partition coefficient (Wildman–Crippen LogP) is 5.63. The molecule has 0 radical (unpaired) electrons. The topological polar surface area (TPSA) is 61.4 Å². The van der Waals surface area contributed by atoms with Crippen LogP contribution in [0.1, 0.15) is 43.0 Å². The van der Waals surface area contributed by atoms with Crippen molar-refractivity contribution in [3.05, 3.63) is 71.4 Å². The number of hydrogen-bond acceptors (Lipinski definition) is 4. The van der Waals surface area contributed by atoms with Crippen LogP contribution < -0.4 is 10.2 Å². The second kappa shape index (κ2) is 10.0. The summed E-state index contributed by atoms with van der Waals surface area (Å²) in [6.45, 7) is 11.5. The molecule has 4 rings (SSSR count). The van der Waals surface area contributed by atoms with Crippen molar-refractivity contribution in [2.24, 2.45) is 0 Å². The second-order valence-electron chi connectivity index (χ2n) is 9.01. The number of hydrogen-bond donors (Lipinski definition) is 1. The van der Waals surface area contributed by atoms with Gasteiger partial charge in [-0.3, -0.25) is 0 Å². The normalized spacial score (nSPS) is 14.3. The van der Waals surface area contributed by atoms with E-state index in [1.54, 1.807) is 0 Å². The van der Waals surface area contributed by atoms with Crippen LogP contribution >= 0.6 is 0 Å². The minimum Gasteiger partial charge on any atom is -0.354 e. The van der Waals surface area contributed by atoms with Gasteiger partial charge in [0.05, 0.1) is 0 Å². The van der Waals surface area contributed by atoms with Crippen LogP contribution in [-0.2, 0) is 0 Å². The summed E-state index contributed by atoms with van der Waals surface area (Å²) in [6, 6.07) is 18.0. The number of nitrogens with zero attached hydrogens (tertiary/aromatic N) is 4. The van der Waals surface area contributed by atoms with Gasteiger partial charge in [0.2, 0.25) is 0 Å². The first kappa shape index (κ1) is 22.8. The fourth-order valence-electron chi connectivity index (χ4n) is 4.37.